The fourth-order valence-corrected chi connectivity index (χ4v) is 3.38. The van der Waals surface area contributed by atoms with Crippen molar-refractivity contribution in [2.24, 2.45) is 5.41 Å². The molecule has 1 aliphatic carbocycles. The predicted molar refractivity (Wildman–Crippen MR) is 84.9 cm³/mol. The topological polar surface area (TPSA) is 30.5 Å². The van der Waals surface area contributed by atoms with Crippen molar-refractivity contribution in [1.29, 1.82) is 0 Å². The molecule has 3 rings (SSSR count). The fraction of sp³-hybridized carbons (Fsp3) is 0.667. The van der Waals surface area contributed by atoms with Crippen LogP contribution in [-0.4, -0.2) is 32.9 Å². The van der Waals surface area contributed by atoms with Gasteiger partial charge in [0.25, 0.3) is 0 Å². The van der Waals surface area contributed by atoms with Crippen molar-refractivity contribution < 1.29 is 9.47 Å². The van der Waals surface area contributed by atoms with Gasteiger partial charge in [0.1, 0.15) is 5.75 Å². The second-order valence-electron chi connectivity index (χ2n) is 6.95. The van der Waals surface area contributed by atoms with Crippen molar-refractivity contribution in [3.63, 3.8) is 0 Å². The maximum atomic E-state index is 5.47. The van der Waals surface area contributed by atoms with Crippen molar-refractivity contribution in [3.05, 3.63) is 29.8 Å². The summed E-state index contributed by atoms with van der Waals surface area (Å²) in [5, 5.41) is 3.77. The lowest BCUT2D eigenvalue weighted by Crippen LogP contribution is -2.46. The molecular formula is C18H27NO2. The Hall–Kier alpha value is -1.06. The molecule has 3 heteroatoms. The number of ether oxygens (including phenoxy) is 2. The van der Waals surface area contributed by atoms with Crippen LogP contribution in [0.4, 0.5) is 0 Å². The highest BCUT2D eigenvalue weighted by Crippen LogP contribution is 2.38. The van der Waals surface area contributed by atoms with Crippen molar-refractivity contribution in [2.45, 2.75) is 44.6 Å². The summed E-state index contributed by atoms with van der Waals surface area (Å²) in [7, 11) is 1.73. The monoisotopic (exact) mass is 289 g/mol. The zero-order valence-electron chi connectivity index (χ0n) is 13.2. The number of nitrogens with one attached hydrogen (secondary N) is 1. The van der Waals surface area contributed by atoms with Gasteiger partial charge >= 0.3 is 0 Å². The van der Waals surface area contributed by atoms with Crippen molar-refractivity contribution in [3.8, 4) is 5.75 Å². The van der Waals surface area contributed by atoms with Gasteiger partial charge in [0.05, 0.1) is 7.11 Å². The molecule has 0 amide bonds. The summed E-state index contributed by atoms with van der Waals surface area (Å²) < 4.78 is 10.8. The Labute approximate surface area is 128 Å². The van der Waals surface area contributed by atoms with Crippen LogP contribution < -0.4 is 10.1 Å². The lowest BCUT2D eigenvalue weighted by Gasteiger charge is -2.40. The second-order valence-corrected chi connectivity index (χ2v) is 6.95. The molecule has 2 fully saturated rings. The average Bonchev–Trinajstić information content (AvgIpc) is 2.46. The van der Waals surface area contributed by atoms with E-state index in [1.54, 1.807) is 7.11 Å². The summed E-state index contributed by atoms with van der Waals surface area (Å²) in [5.74, 6) is 1.67. The Kier molecular flexibility index (Phi) is 4.51. The molecule has 0 atom stereocenters. The van der Waals surface area contributed by atoms with Crippen LogP contribution >= 0.6 is 0 Å². The van der Waals surface area contributed by atoms with E-state index in [1.165, 1.54) is 31.2 Å². The summed E-state index contributed by atoms with van der Waals surface area (Å²) in [5.41, 5.74) is 1.85. The van der Waals surface area contributed by atoms with Gasteiger partial charge in [-0.1, -0.05) is 19.1 Å². The lowest BCUT2D eigenvalue weighted by molar-refractivity contribution is 0.0211. The average molecular weight is 289 g/mol. The molecule has 1 aliphatic heterocycles. The van der Waals surface area contributed by atoms with E-state index in [4.69, 9.17) is 9.47 Å². The molecular weight excluding hydrogens is 262 g/mol. The minimum atomic E-state index is 0.430. The molecule has 1 saturated heterocycles. The molecule has 0 aromatic heterocycles. The highest BCUT2D eigenvalue weighted by molar-refractivity contribution is 5.32. The Balaban J connectivity index is 1.45. The Bertz CT molecular complexity index is 462. The summed E-state index contributed by atoms with van der Waals surface area (Å²) in [6, 6.07) is 9.20. The van der Waals surface area contributed by atoms with Gasteiger partial charge in [-0.3, -0.25) is 0 Å². The minimum Gasteiger partial charge on any atom is -0.497 e. The molecule has 116 valence electrons. The van der Waals surface area contributed by atoms with Crippen LogP contribution in [0.1, 0.15) is 44.1 Å². The second kappa shape index (κ2) is 6.37. The number of hydrogen-bond donors (Lipinski definition) is 1. The van der Waals surface area contributed by atoms with Crippen molar-refractivity contribution >= 4 is 0 Å². The molecule has 0 bridgehead atoms. The van der Waals surface area contributed by atoms with Crippen LogP contribution in [0.15, 0.2) is 24.3 Å². The first-order valence-corrected chi connectivity index (χ1v) is 8.14. The third kappa shape index (κ3) is 3.58. The van der Waals surface area contributed by atoms with Crippen LogP contribution in [0.3, 0.4) is 0 Å². The quantitative estimate of drug-likeness (QED) is 0.901. The van der Waals surface area contributed by atoms with E-state index in [0.717, 1.165) is 25.5 Å². The molecule has 3 nitrogen and oxygen atoms in total. The van der Waals surface area contributed by atoms with Gasteiger partial charge in [-0.05, 0) is 54.7 Å². The van der Waals surface area contributed by atoms with Gasteiger partial charge in [-0.15, -0.1) is 0 Å². The lowest BCUT2D eigenvalue weighted by atomic mass is 9.75. The number of benzene rings is 1. The third-order valence-electron chi connectivity index (χ3n) is 5.22. The van der Waals surface area contributed by atoms with Crippen molar-refractivity contribution in [1.82, 2.24) is 5.32 Å². The van der Waals surface area contributed by atoms with Crippen LogP contribution in [0.5, 0.6) is 5.75 Å². The molecule has 0 spiro atoms. The Morgan fingerprint density at radius 3 is 2.76 bits per heavy atom. The molecule has 1 aromatic rings. The summed E-state index contributed by atoms with van der Waals surface area (Å²) in [6.07, 6.45) is 4.87. The third-order valence-corrected chi connectivity index (χ3v) is 5.22. The molecule has 1 aromatic carbocycles. The maximum absolute atomic E-state index is 5.47. The molecule has 0 radical (unpaired) electrons. The van der Waals surface area contributed by atoms with Gasteiger partial charge in [0, 0.05) is 25.8 Å². The highest BCUT2D eigenvalue weighted by atomic mass is 16.5. The van der Waals surface area contributed by atoms with Crippen LogP contribution in [0.25, 0.3) is 0 Å². The first kappa shape index (κ1) is 14.9. The minimum absolute atomic E-state index is 0.430. The van der Waals surface area contributed by atoms with Gasteiger partial charge in [-0.2, -0.15) is 0 Å². The summed E-state index contributed by atoms with van der Waals surface area (Å²) in [6.45, 7) is 5.37. The summed E-state index contributed by atoms with van der Waals surface area (Å²) >= 11 is 0. The van der Waals surface area contributed by atoms with E-state index in [-0.39, 0.29) is 0 Å². The van der Waals surface area contributed by atoms with E-state index >= 15 is 0 Å². The smallest absolute Gasteiger partial charge is 0.119 e. The van der Waals surface area contributed by atoms with Crippen LogP contribution in [0, 0.1) is 5.41 Å². The highest BCUT2D eigenvalue weighted by Gasteiger charge is 2.33. The molecule has 21 heavy (non-hydrogen) atoms. The number of methoxy groups -OCH3 is 1. The van der Waals surface area contributed by atoms with Gasteiger partial charge < -0.3 is 14.8 Å². The van der Waals surface area contributed by atoms with E-state index < -0.39 is 0 Å². The van der Waals surface area contributed by atoms with Crippen molar-refractivity contribution in [2.75, 3.05) is 26.9 Å². The predicted octanol–water partition coefficient (Wildman–Crippen LogP) is 3.35. The maximum Gasteiger partial charge on any atom is 0.119 e. The Morgan fingerprint density at radius 1 is 1.29 bits per heavy atom. The first-order chi connectivity index (χ1) is 10.2. The van der Waals surface area contributed by atoms with E-state index in [0.29, 0.717) is 17.4 Å². The van der Waals surface area contributed by atoms with Gasteiger partial charge in [0.15, 0.2) is 0 Å². The fourth-order valence-electron chi connectivity index (χ4n) is 3.38. The molecule has 1 heterocycles. The SMILES string of the molecule is COc1cccc(C2CC(NCC3(C)CCOCC3)C2)c1. The molecule has 1 saturated carbocycles. The van der Waals surface area contributed by atoms with Crippen LogP contribution in [0.2, 0.25) is 0 Å². The van der Waals surface area contributed by atoms with E-state index in [1.807, 2.05) is 6.07 Å². The van der Waals surface area contributed by atoms with Gasteiger partial charge in [-0.25, -0.2) is 0 Å². The first-order valence-electron chi connectivity index (χ1n) is 8.14. The van der Waals surface area contributed by atoms with E-state index in [9.17, 15) is 0 Å². The standard InChI is InChI=1S/C18H27NO2/c1-18(6-8-21-9-7-18)13-19-16-10-15(11-16)14-4-3-5-17(12-14)20-2/h3-5,12,15-16,19H,6-11,13H2,1-2H3. The molecule has 0 unspecified atom stereocenters. The molecule has 2 aliphatic rings. The van der Waals surface area contributed by atoms with Crippen LogP contribution in [-0.2, 0) is 4.74 Å². The number of rotatable bonds is 5. The van der Waals surface area contributed by atoms with E-state index in [2.05, 4.69) is 30.4 Å². The zero-order valence-corrected chi connectivity index (χ0v) is 13.2. The number of hydrogen-bond acceptors (Lipinski definition) is 3. The zero-order chi connectivity index (χ0) is 14.7. The molecule has 1 N–H and O–H groups in total. The normalized spacial score (nSPS) is 27.9. The summed E-state index contributed by atoms with van der Waals surface area (Å²) in [4.78, 5) is 0. The Morgan fingerprint density at radius 2 is 2.05 bits per heavy atom. The largest absolute Gasteiger partial charge is 0.497 e. The van der Waals surface area contributed by atoms with Gasteiger partial charge in [0.2, 0.25) is 0 Å².